The number of amides is 1. The maximum Gasteiger partial charge on any atom is 0.228 e. The summed E-state index contributed by atoms with van der Waals surface area (Å²) in [7, 11) is 0. The lowest BCUT2D eigenvalue weighted by Crippen LogP contribution is -2.31. The van der Waals surface area contributed by atoms with Crippen molar-refractivity contribution in [2.45, 2.75) is 25.7 Å². The normalized spacial score (nSPS) is 16.9. The summed E-state index contributed by atoms with van der Waals surface area (Å²) in [5.74, 6) is 0.871. The van der Waals surface area contributed by atoms with E-state index in [4.69, 9.17) is 27.9 Å². The summed E-state index contributed by atoms with van der Waals surface area (Å²) in [5.41, 5.74) is 2.96. The molecule has 0 saturated carbocycles. The second-order valence-electron chi connectivity index (χ2n) is 7.85. The van der Waals surface area contributed by atoms with E-state index in [1.54, 1.807) is 0 Å². The fraction of sp³-hybridized carbons (Fsp3) is 0.435. The molecule has 160 valence electrons. The highest BCUT2D eigenvalue weighted by Gasteiger charge is 2.19. The topological polar surface area (TPSA) is 44.8 Å². The highest BCUT2D eigenvalue weighted by Crippen LogP contribution is 2.33. The molecule has 1 fully saturated rings. The van der Waals surface area contributed by atoms with Crippen molar-refractivity contribution in [2.24, 2.45) is 0 Å². The molecule has 5 nitrogen and oxygen atoms in total. The Morgan fingerprint density at radius 1 is 1.03 bits per heavy atom. The molecule has 1 amide bonds. The van der Waals surface area contributed by atoms with Crippen LogP contribution < -0.4 is 15.0 Å². The largest absolute Gasteiger partial charge is 0.494 e. The Morgan fingerprint density at radius 2 is 1.93 bits per heavy atom. The number of rotatable bonds is 7. The Kier molecular flexibility index (Phi) is 7.03. The molecule has 30 heavy (non-hydrogen) atoms. The van der Waals surface area contributed by atoms with Gasteiger partial charge in [0, 0.05) is 31.4 Å². The van der Waals surface area contributed by atoms with Crippen molar-refractivity contribution >= 4 is 40.5 Å². The molecule has 1 N–H and O–H groups in total. The van der Waals surface area contributed by atoms with Gasteiger partial charge in [-0.15, -0.1) is 0 Å². The molecule has 2 aromatic rings. The van der Waals surface area contributed by atoms with Crippen LogP contribution in [0.5, 0.6) is 5.75 Å². The summed E-state index contributed by atoms with van der Waals surface area (Å²) in [6.07, 6.45) is 3.68. The summed E-state index contributed by atoms with van der Waals surface area (Å²) in [6, 6.07) is 11.7. The van der Waals surface area contributed by atoms with E-state index in [2.05, 4.69) is 15.1 Å². The Labute approximate surface area is 187 Å². The zero-order valence-electron chi connectivity index (χ0n) is 17.0. The molecular weight excluding hydrogens is 421 g/mol. The van der Waals surface area contributed by atoms with E-state index in [1.807, 2.05) is 36.4 Å². The van der Waals surface area contributed by atoms with Gasteiger partial charge in [0.15, 0.2) is 0 Å². The average Bonchev–Trinajstić information content (AvgIpc) is 2.94. The number of fused-ring (bicyclic) bond motifs is 1. The van der Waals surface area contributed by atoms with Crippen LogP contribution in [0.15, 0.2) is 36.4 Å². The van der Waals surface area contributed by atoms with Crippen LogP contribution in [-0.2, 0) is 11.2 Å². The molecule has 4 rings (SSSR count). The van der Waals surface area contributed by atoms with E-state index in [0.717, 1.165) is 74.7 Å². The summed E-state index contributed by atoms with van der Waals surface area (Å²) < 4.78 is 5.87. The van der Waals surface area contributed by atoms with Crippen molar-refractivity contribution in [1.29, 1.82) is 0 Å². The minimum atomic E-state index is 0.0517. The molecule has 2 aliphatic rings. The summed E-state index contributed by atoms with van der Waals surface area (Å²) in [6.45, 7) is 5.83. The van der Waals surface area contributed by atoms with Crippen molar-refractivity contribution < 1.29 is 9.53 Å². The molecule has 0 radical (unpaired) electrons. The first-order valence-electron chi connectivity index (χ1n) is 10.6. The third-order valence-corrected chi connectivity index (χ3v) is 6.51. The van der Waals surface area contributed by atoms with Gasteiger partial charge in [-0.1, -0.05) is 35.3 Å². The Morgan fingerprint density at radius 3 is 2.83 bits per heavy atom. The minimum absolute atomic E-state index is 0.0517. The van der Waals surface area contributed by atoms with Gasteiger partial charge in [0.2, 0.25) is 5.91 Å². The molecule has 0 spiro atoms. The number of ether oxygens (including phenoxy) is 1. The highest BCUT2D eigenvalue weighted by atomic mass is 35.5. The van der Waals surface area contributed by atoms with Gasteiger partial charge in [-0.3, -0.25) is 4.79 Å². The van der Waals surface area contributed by atoms with Crippen LogP contribution in [0.2, 0.25) is 10.0 Å². The Balaban J connectivity index is 1.18. The first-order chi connectivity index (χ1) is 14.6. The highest BCUT2D eigenvalue weighted by molar-refractivity contribution is 6.43. The van der Waals surface area contributed by atoms with Crippen molar-refractivity contribution in [2.75, 3.05) is 49.5 Å². The average molecular weight is 448 g/mol. The van der Waals surface area contributed by atoms with Crippen molar-refractivity contribution in [3.63, 3.8) is 0 Å². The molecule has 2 aliphatic heterocycles. The van der Waals surface area contributed by atoms with Gasteiger partial charge in [0.05, 0.1) is 28.8 Å². The number of benzene rings is 2. The fourth-order valence-corrected chi connectivity index (χ4v) is 4.50. The van der Waals surface area contributed by atoms with Crippen molar-refractivity contribution in [3.8, 4) is 5.75 Å². The molecule has 2 aromatic carbocycles. The minimum Gasteiger partial charge on any atom is -0.494 e. The van der Waals surface area contributed by atoms with Gasteiger partial charge in [-0.25, -0.2) is 0 Å². The number of carbonyl (C=O) groups is 1. The smallest absolute Gasteiger partial charge is 0.228 e. The fourth-order valence-electron chi connectivity index (χ4n) is 4.08. The van der Waals surface area contributed by atoms with E-state index < -0.39 is 0 Å². The summed E-state index contributed by atoms with van der Waals surface area (Å²) >= 11 is 12.6. The van der Waals surface area contributed by atoms with E-state index >= 15 is 0 Å². The van der Waals surface area contributed by atoms with Gasteiger partial charge < -0.3 is 19.9 Å². The summed E-state index contributed by atoms with van der Waals surface area (Å²) in [5, 5.41) is 4.13. The number of carbonyl (C=O) groups excluding carboxylic acids is 1. The Hall–Kier alpha value is -1.95. The molecule has 0 aromatic heterocycles. The van der Waals surface area contributed by atoms with Crippen molar-refractivity contribution in [1.82, 2.24) is 4.90 Å². The lowest BCUT2D eigenvalue weighted by atomic mass is 10.1. The molecule has 0 bridgehead atoms. The lowest BCUT2D eigenvalue weighted by Gasteiger charge is -2.25. The lowest BCUT2D eigenvalue weighted by molar-refractivity contribution is -0.115. The number of halogens is 2. The molecule has 1 saturated heterocycles. The zero-order valence-corrected chi connectivity index (χ0v) is 18.5. The van der Waals surface area contributed by atoms with E-state index in [0.29, 0.717) is 23.1 Å². The third kappa shape index (κ3) is 5.20. The quantitative estimate of drug-likeness (QED) is 0.615. The van der Waals surface area contributed by atoms with E-state index in [-0.39, 0.29) is 5.91 Å². The second kappa shape index (κ2) is 9.90. The van der Waals surface area contributed by atoms with Crippen LogP contribution >= 0.6 is 23.2 Å². The van der Waals surface area contributed by atoms with Crippen LogP contribution in [-0.4, -0.2) is 50.1 Å². The number of hydrogen-bond donors (Lipinski definition) is 1. The van der Waals surface area contributed by atoms with E-state index in [9.17, 15) is 4.79 Å². The molecule has 0 aliphatic carbocycles. The van der Waals surface area contributed by atoms with Crippen LogP contribution in [0.4, 0.5) is 11.4 Å². The standard InChI is InChI=1S/C23H27Cl2N3O2/c24-19-5-3-6-21(23(19)25)28-11-4-10-27(12-13-28)9-1-2-14-30-18-8-7-17-15-22(29)26-20(17)16-18/h3,5-8,16H,1-2,4,9-15H2,(H,26,29). The van der Waals surface area contributed by atoms with Gasteiger partial charge in [-0.05, 0) is 56.1 Å². The molecular formula is C23H27Cl2N3O2. The van der Waals surface area contributed by atoms with Crippen LogP contribution in [0.25, 0.3) is 0 Å². The van der Waals surface area contributed by atoms with Crippen LogP contribution in [0.3, 0.4) is 0 Å². The number of nitrogens with one attached hydrogen (secondary N) is 1. The third-order valence-electron chi connectivity index (χ3n) is 5.70. The van der Waals surface area contributed by atoms with Gasteiger partial charge in [0.1, 0.15) is 5.75 Å². The first kappa shape index (κ1) is 21.3. The predicted molar refractivity (Wildman–Crippen MR) is 123 cm³/mol. The van der Waals surface area contributed by atoms with Crippen LogP contribution in [0.1, 0.15) is 24.8 Å². The maximum atomic E-state index is 11.4. The van der Waals surface area contributed by atoms with Gasteiger partial charge >= 0.3 is 0 Å². The second-order valence-corrected chi connectivity index (χ2v) is 8.64. The van der Waals surface area contributed by atoms with E-state index in [1.165, 1.54) is 0 Å². The molecule has 2 heterocycles. The molecule has 0 atom stereocenters. The number of hydrogen-bond acceptors (Lipinski definition) is 4. The Bertz CT molecular complexity index is 906. The van der Waals surface area contributed by atoms with Crippen molar-refractivity contribution in [3.05, 3.63) is 52.0 Å². The SMILES string of the molecule is O=C1Cc2ccc(OCCCCN3CCCN(c4cccc(Cl)c4Cl)CC3)cc2N1. The number of anilines is 2. The number of unbranched alkanes of at least 4 members (excludes halogenated alkanes) is 1. The van der Waals surface area contributed by atoms with Crippen LogP contribution in [0, 0.1) is 0 Å². The summed E-state index contributed by atoms with van der Waals surface area (Å²) in [4.78, 5) is 16.3. The zero-order chi connectivity index (χ0) is 20.9. The molecule has 7 heteroatoms. The molecule has 0 unspecified atom stereocenters. The van der Waals surface area contributed by atoms with Gasteiger partial charge in [-0.2, -0.15) is 0 Å². The predicted octanol–water partition coefficient (Wildman–Crippen LogP) is 4.86. The number of nitrogens with zero attached hydrogens (tertiary/aromatic N) is 2. The maximum absolute atomic E-state index is 11.4. The first-order valence-corrected chi connectivity index (χ1v) is 11.3. The monoisotopic (exact) mass is 447 g/mol. The van der Waals surface area contributed by atoms with Gasteiger partial charge in [0.25, 0.3) is 0 Å².